The molecule has 0 aliphatic heterocycles. The van der Waals surface area contributed by atoms with Gasteiger partial charge >= 0.3 is 11.9 Å². The summed E-state index contributed by atoms with van der Waals surface area (Å²) < 4.78 is 0. The third-order valence-electron chi connectivity index (χ3n) is 5.39. The number of nitrogens with one attached hydrogen (secondary N) is 3. The molecular weight excluding hydrogens is 520 g/mol. The summed E-state index contributed by atoms with van der Waals surface area (Å²) in [6, 6.07) is -4.58. The van der Waals surface area contributed by atoms with Crippen molar-refractivity contribution >= 4 is 47.4 Å². The van der Waals surface area contributed by atoms with E-state index in [-0.39, 0.29) is 38.2 Å². The summed E-state index contributed by atoms with van der Waals surface area (Å²) in [4.78, 5) is 65.0. The third kappa shape index (κ3) is 15.9. The Kier molecular flexibility index (Phi) is 18.3. The Labute approximate surface area is 226 Å². The van der Waals surface area contributed by atoms with Gasteiger partial charge in [0.1, 0.15) is 18.1 Å². The number of hydrogen-bond donors (Lipinski definition) is 9. The molecule has 0 rings (SSSR count). The van der Waals surface area contributed by atoms with Gasteiger partial charge in [0.05, 0.1) is 6.04 Å². The molecule has 0 heterocycles. The van der Waals surface area contributed by atoms with Crippen molar-refractivity contribution in [3.05, 3.63) is 0 Å². The lowest BCUT2D eigenvalue weighted by Crippen LogP contribution is -2.57. The Morgan fingerprint density at radius 2 is 1.39 bits per heavy atom. The number of carbonyl (C=O) groups excluding carboxylic acids is 3. The Bertz CT molecular complexity index is 811. The number of rotatable bonds is 21. The van der Waals surface area contributed by atoms with Crippen LogP contribution >= 0.6 is 11.8 Å². The molecule has 0 fully saturated rings. The Morgan fingerprint density at radius 1 is 0.816 bits per heavy atom. The van der Waals surface area contributed by atoms with Gasteiger partial charge < -0.3 is 49.1 Å². The minimum absolute atomic E-state index is 0.0996. The number of aliphatic carboxylic acids is 2. The normalized spacial score (nSPS) is 13.9. The standard InChI is InChI=1S/C22H42N8O7S/c1-38-12-9-16(21(36)37)30-19(34)14(6-2-3-10-23)29-20(35)15(7-8-17(31)32)28-18(33)13(24)5-4-11-27-22(25)26/h13-16H,2-12,23-24H2,1H3,(H,28,33)(H,29,35)(H,30,34)(H,31,32)(H,36,37)(H4,25,26,27). The van der Waals surface area contributed by atoms with Crippen LogP contribution in [0, 0.1) is 0 Å². The second kappa shape index (κ2) is 19.9. The van der Waals surface area contributed by atoms with E-state index in [4.69, 9.17) is 28.0 Å². The smallest absolute Gasteiger partial charge is 0.326 e. The molecule has 4 unspecified atom stereocenters. The zero-order valence-electron chi connectivity index (χ0n) is 21.7. The van der Waals surface area contributed by atoms with E-state index in [1.807, 2.05) is 0 Å². The Morgan fingerprint density at radius 3 is 1.92 bits per heavy atom. The van der Waals surface area contributed by atoms with Gasteiger partial charge in [-0.05, 0) is 63.5 Å². The summed E-state index contributed by atoms with van der Waals surface area (Å²) in [7, 11) is 0. The maximum atomic E-state index is 13.1. The molecule has 218 valence electrons. The molecule has 0 radical (unpaired) electrons. The molecule has 4 atom stereocenters. The number of unbranched alkanes of at least 4 members (excludes halogenated alkanes) is 1. The van der Waals surface area contributed by atoms with Crippen LogP contribution in [-0.2, 0) is 24.0 Å². The van der Waals surface area contributed by atoms with Crippen LogP contribution in [0.15, 0.2) is 4.99 Å². The molecule has 3 amide bonds. The van der Waals surface area contributed by atoms with Gasteiger partial charge in [-0.2, -0.15) is 11.8 Å². The van der Waals surface area contributed by atoms with Gasteiger partial charge in [0.15, 0.2) is 5.96 Å². The first-order valence-corrected chi connectivity index (χ1v) is 13.7. The molecular formula is C22H42N8O7S. The van der Waals surface area contributed by atoms with Crippen molar-refractivity contribution in [3.8, 4) is 0 Å². The number of carboxylic acid groups (broad SMARTS) is 2. The van der Waals surface area contributed by atoms with Gasteiger partial charge in [0, 0.05) is 13.0 Å². The number of hydrogen-bond acceptors (Lipinski definition) is 9. The lowest BCUT2D eigenvalue weighted by Gasteiger charge is -2.25. The molecule has 15 nitrogen and oxygen atoms in total. The van der Waals surface area contributed by atoms with Gasteiger partial charge in [0.25, 0.3) is 0 Å². The van der Waals surface area contributed by atoms with E-state index in [0.29, 0.717) is 31.6 Å². The number of carboxylic acids is 2. The van der Waals surface area contributed by atoms with Gasteiger partial charge in [0.2, 0.25) is 17.7 Å². The van der Waals surface area contributed by atoms with E-state index in [2.05, 4.69) is 20.9 Å². The highest BCUT2D eigenvalue weighted by Crippen LogP contribution is 2.07. The molecule has 38 heavy (non-hydrogen) atoms. The lowest BCUT2D eigenvalue weighted by molar-refractivity contribution is -0.142. The highest BCUT2D eigenvalue weighted by Gasteiger charge is 2.30. The summed E-state index contributed by atoms with van der Waals surface area (Å²) in [5.41, 5.74) is 21.9. The van der Waals surface area contributed by atoms with Crippen molar-refractivity contribution in [1.82, 2.24) is 16.0 Å². The number of nitrogens with zero attached hydrogens (tertiary/aromatic N) is 1. The SMILES string of the molecule is CSCCC(NC(=O)C(CCCCN)NC(=O)C(CCC(=O)O)NC(=O)C(N)CCCN=C(N)N)C(=O)O. The third-order valence-corrected chi connectivity index (χ3v) is 6.03. The van der Waals surface area contributed by atoms with Crippen LogP contribution in [0.3, 0.4) is 0 Å². The molecule has 0 bridgehead atoms. The fourth-order valence-corrected chi connectivity index (χ4v) is 3.74. The largest absolute Gasteiger partial charge is 0.481 e. The number of nitrogens with two attached hydrogens (primary N) is 4. The van der Waals surface area contributed by atoms with Crippen molar-refractivity contribution in [3.63, 3.8) is 0 Å². The van der Waals surface area contributed by atoms with Gasteiger partial charge in [-0.15, -0.1) is 0 Å². The number of guanidine groups is 1. The van der Waals surface area contributed by atoms with Crippen molar-refractivity contribution in [2.75, 3.05) is 25.1 Å². The fraction of sp³-hybridized carbons (Fsp3) is 0.727. The van der Waals surface area contributed by atoms with E-state index < -0.39 is 60.2 Å². The molecule has 0 saturated carbocycles. The number of amides is 3. The number of aliphatic imine (C=N–C) groups is 1. The highest BCUT2D eigenvalue weighted by atomic mass is 32.2. The van der Waals surface area contributed by atoms with Crippen LogP contribution in [0.5, 0.6) is 0 Å². The van der Waals surface area contributed by atoms with Gasteiger partial charge in [-0.3, -0.25) is 24.2 Å². The van der Waals surface area contributed by atoms with E-state index >= 15 is 0 Å². The van der Waals surface area contributed by atoms with Crippen molar-refractivity contribution in [1.29, 1.82) is 0 Å². The average molecular weight is 563 g/mol. The van der Waals surface area contributed by atoms with E-state index in [9.17, 15) is 29.1 Å². The zero-order valence-corrected chi connectivity index (χ0v) is 22.5. The molecule has 0 aliphatic carbocycles. The Hall–Kier alpha value is -3.11. The maximum absolute atomic E-state index is 13.1. The Balaban J connectivity index is 5.48. The second-order valence-corrected chi connectivity index (χ2v) is 9.56. The highest BCUT2D eigenvalue weighted by molar-refractivity contribution is 7.98. The number of thioether (sulfide) groups is 1. The summed E-state index contributed by atoms with van der Waals surface area (Å²) in [5, 5.41) is 25.9. The molecule has 0 spiro atoms. The van der Waals surface area contributed by atoms with Gasteiger partial charge in [-0.1, -0.05) is 0 Å². The molecule has 0 aliphatic rings. The average Bonchev–Trinajstić information content (AvgIpc) is 2.85. The monoisotopic (exact) mass is 562 g/mol. The molecule has 16 heteroatoms. The first-order chi connectivity index (χ1) is 17.9. The first-order valence-electron chi connectivity index (χ1n) is 12.3. The minimum atomic E-state index is -1.29. The summed E-state index contributed by atoms with van der Waals surface area (Å²) in [6.45, 7) is 0.603. The minimum Gasteiger partial charge on any atom is -0.481 e. The van der Waals surface area contributed by atoms with Crippen LogP contribution in [0.25, 0.3) is 0 Å². The zero-order chi connectivity index (χ0) is 29.1. The first kappa shape index (κ1) is 34.9. The molecule has 0 aromatic heterocycles. The lowest BCUT2D eigenvalue weighted by atomic mass is 10.0. The molecule has 0 saturated heterocycles. The van der Waals surface area contributed by atoms with Crippen LogP contribution in [0.4, 0.5) is 0 Å². The summed E-state index contributed by atoms with van der Waals surface area (Å²) in [6.07, 6.45) is 3.08. The summed E-state index contributed by atoms with van der Waals surface area (Å²) >= 11 is 1.42. The van der Waals surface area contributed by atoms with Gasteiger partial charge in [-0.25, -0.2) is 4.79 Å². The number of carbonyl (C=O) groups is 5. The van der Waals surface area contributed by atoms with E-state index in [1.165, 1.54) is 11.8 Å². The van der Waals surface area contributed by atoms with Crippen LogP contribution in [-0.4, -0.2) is 95.1 Å². The van der Waals surface area contributed by atoms with Crippen molar-refractivity contribution in [2.45, 2.75) is 75.5 Å². The van der Waals surface area contributed by atoms with Crippen molar-refractivity contribution in [2.24, 2.45) is 27.9 Å². The molecule has 13 N–H and O–H groups in total. The van der Waals surface area contributed by atoms with Crippen LogP contribution in [0.2, 0.25) is 0 Å². The van der Waals surface area contributed by atoms with E-state index in [0.717, 1.165) is 0 Å². The fourth-order valence-electron chi connectivity index (χ4n) is 3.27. The molecule has 0 aromatic rings. The molecule has 0 aromatic carbocycles. The van der Waals surface area contributed by atoms with Crippen LogP contribution < -0.4 is 38.9 Å². The second-order valence-electron chi connectivity index (χ2n) is 8.58. The maximum Gasteiger partial charge on any atom is 0.326 e. The quantitative estimate of drug-likeness (QED) is 0.0404. The topological polar surface area (TPSA) is 278 Å². The van der Waals surface area contributed by atoms with E-state index in [1.54, 1.807) is 6.26 Å². The predicted molar refractivity (Wildman–Crippen MR) is 144 cm³/mol. The summed E-state index contributed by atoms with van der Waals surface area (Å²) in [5.74, 6) is -4.19. The predicted octanol–water partition coefficient (Wildman–Crippen LogP) is -2.35. The van der Waals surface area contributed by atoms with Crippen LogP contribution in [0.1, 0.15) is 51.4 Å². The van der Waals surface area contributed by atoms with Crippen molar-refractivity contribution < 1.29 is 34.2 Å².